The smallest absolute Gasteiger partial charge is 0.221 e. The molecule has 0 atom stereocenters. The van der Waals surface area contributed by atoms with E-state index in [1.54, 1.807) is 6.33 Å². The predicted molar refractivity (Wildman–Crippen MR) is 75.1 cm³/mol. The van der Waals surface area contributed by atoms with Gasteiger partial charge in [0.05, 0.1) is 12.2 Å². The van der Waals surface area contributed by atoms with Gasteiger partial charge in [-0.15, -0.1) is 0 Å². The summed E-state index contributed by atoms with van der Waals surface area (Å²) in [5.74, 6) is 1.61. The number of nitrogens with zero attached hydrogens (tertiary/aromatic N) is 2. The molecule has 0 fully saturated rings. The van der Waals surface area contributed by atoms with Crippen molar-refractivity contribution >= 4 is 5.82 Å². The molecule has 1 heterocycles. The molecular weight excluding hydrogens is 226 g/mol. The second-order valence-electron chi connectivity index (χ2n) is 5.55. The number of hydrogen-bond donors (Lipinski definition) is 1. The Morgan fingerprint density at radius 3 is 2.50 bits per heavy atom. The summed E-state index contributed by atoms with van der Waals surface area (Å²) in [6.45, 7) is 12.3. The minimum absolute atomic E-state index is 0.282. The lowest BCUT2D eigenvalue weighted by molar-refractivity contribution is 0.234. The number of ether oxygens (including phenoxy) is 1. The lowest BCUT2D eigenvalue weighted by Gasteiger charge is -2.19. The van der Waals surface area contributed by atoms with Crippen molar-refractivity contribution in [3.8, 4) is 5.88 Å². The van der Waals surface area contributed by atoms with E-state index in [9.17, 15) is 0 Å². The Balaban J connectivity index is 2.72. The van der Waals surface area contributed by atoms with Gasteiger partial charge in [0.25, 0.3) is 0 Å². The summed E-state index contributed by atoms with van der Waals surface area (Å²) < 4.78 is 5.80. The van der Waals surface area contributed by atoms with Crippen LogP contribution >= 0.6 is 0 Å². The van der Waals surface area contributed by atoms with Gasteiger partial charge in [0.2, 0.25) is 5.88 Å². The Morgan fingerprint density at radius 1 is 1.22 bits per heavy atom. The molecule has 18 heavy (non-hydrogen) atoms. The van der Waals surface area contributed by atoms with Crippen molar-refractivity contribution in [2.45, 2.75) is 47.5 Å². The summed E-state index contributed by atoms with van der Waals surface area (Å²) >= 11 is 0. The van der Waals surface area contributed by atoms with Crippen LogP contribution < -0.4 is 10.1 Å². The van der Waals surface area contributed by atoms with E-state index < -0.39 is 0 Å². The minimum atomic E-state index is 0.282. The van der Waals surface area contributed by atoms with Crippen molar-refractivity contribution in [2.24, 2.45) is 5.41 Å². The summed E-state index contributed by atoms with van der Waals surface area (Å²) in [5, 5.41) is 3.24. The predicted octanol–water partition coefficient (Wildman–Crippen LogP) is 3.29. The van der Waals surface area contributed by atoms with Crippen molar-refractivity contribution in [1.82, 2.24) is 9.97 Å². The molecule has 0 unspecified atom stereocenters. The molecule has 1 aromatic heterocycles. The van der Waals surface area contributed by atoms with Gasteiger partial charge in [0, 0.05) is 6.54 Å². The molecule has 102 valence electrons. The molecule has 0 bridgehead atoms. The molecule has 0 radical (unpaired) electrons. The quantitative estimate of drug-likeness (QED) is 0.842. The maximum atomic E-state index is 5.80. The highest BCUT2D eigenvalue weighted by Gasteiger charge is 2.13. The Bertz CT molecular complexity index is 372. The first-order chi connectivity index (χ1) is 8.48. The summed E-state index contributed by atoms with van der Waals surface area (Å²) in [4.78, 5) is 8.49. The Hall–Kier alpha value is -1.32. The van der Waals surface area contributed by atoms with E-state index in [4.69, 9.17) is 4.74 Å². The van der Waals surface area contributed by atoms with E-state index in [0.29, 0.717) is 12.5 Å². The average molecular weight is 251 g/mol. The number of anilines is 1. The lowest BCUT2D eigenvalue weighted by atomic mass is 9.93. The van der Waals surface area contributed by atoms with Crippen molar-refractivity contribution in [3.05, 3.63) is 11.9 Å². The molecule has 1 rings (SSSR count). The topological polar surface area (TPSA) is 47.0 Å². The molecule has 0 amide bonds. The van der Waals surface area contributed by atoms with Gasteiger partial charge in [-0.1, -0.05) is 27.7 Å². The normalized spacial score (nSPS) is 11.4. The van der Waals surface area contributed by atoms with Crippen molar-refractivity contribution < 1.29 is 4.74 Å². The van der Waals surface area contributed by atoms with Crippen molar-refractivity contribution in [3.63, 3.8) is 0 Å². The third-order valence-corrected chi connectivity index (χ3v) is 2.69. The molecular formula is C14H25N3O. The molecule has 0 aromatic carbocycles. The summed E-state index contributed by atoms with van der Waals surface area (Å²) in [5.41, 5.74) is 1.34. The van der Waals surface area contributed by atoms with Crippen LogP contribution in [-0.4, -0.2) is 23.1 Å². The average Bonchev–Trinajstić information content (AvgIpc) is 2.28. The summed E-state index contributed by atoms with van der Waals surface area (Å²) in [6, 6.07) is 0. The lowest BCUT2D eigenvalue weighted by Crippen LogP contribution is -2.13. The van der Waals surface area contributed by atoms with Crippen LogP contribution in [0.2, 0.25) is 0 Å². The van der Waals surface area contributed by atoms with Gasteiger partial charge in [0.1, 0.15) is 12.1 Å². The van der Waals surface area contributed by atoms with Gasteiger partial charge in [-0.3, -0.25) is 0 Å². The largest absolute Gasteiger partial charge is 0.477 e. The fourth-order valence-corrected chi connectivity index (χ4v) is 1.61. The number of aromatic nitrogens is 2. The monoisotopic (exact) mass is 251 g/mol. The van der Waals surface area contributed by atoms with E-state index in [2.05, 4.69) is 49.9 Å². The van der Waals surface area contributed by atoms with Crippen molar-refractivity contribution in [1.29, 1.82) is 0 Å². The first kappa shape index (κ1) is 14.7. The zero-order valence-corrected chi connectivity index (χ0v) is 12.2. The maximum absolute atomic E-state index is 5.80. The molecule has 1 N–H and O–H groups in total. The molecule has 4 nitrogen and oxygen atoms in total. The molecule has 0 aliphatic carbocycles. The third-order valence-electron chi connectivity index (χ3n) is 2.69. The molecule has 0 saturated carbocycles. The number of nitrogens with one attached hydrogen (secondary N) is 1. The van der Waals surface area contributed by atoms with Crippen LogP contribution in [0.1, 0.15) is 46.6 Å². The fraction of sp³-hybridized carbons (Fsp3) is 0.714. The van der Waals surface area contributed by atoms with Crippen LogP contribution in [0.4, 0.5) is 5.82 Å². The number of rotatable bonds is 6. The van der Waals surface area contributed by atoms with Crippen molar-refractivity contribution in [2.75, 3.05) is 18.5 Å². The van der Waals surface area contributed by atoms with E-state index in [1.807, 2.05) is 0 Å². The number of hydrogen-bond acceptors (Lipinski definition) is 4. The minimum Gasteiger partial charge on any atom is -0.477 e. The SMILES string of the molecule is CCNc1ncnc(OCCC(C)(C)C)c1CC. The summed E-state index contributed by atoms with van der Waals surface area (Å²) in [6.07, 6.45) is 3.44. The third kappa shape index (κ3) is 4.51. The maximum Gasteiger partial charge on any atom is 0.221 e. The first-order valence-corrected chi connectivity index (χ1v) is 6.68. The van der Waals surface area contributed by atoms with Gasteiger partial charge in [-0.2, -0.15) is 0 Å². The van der Waals surface area contributed by atoms with E-state index in [0.717, 1.165) is 30.8 Å². The zero-order chi connectivity index (χ0) is 13.6. The highest BCUT2D eigenvalue weighted by Crippen LogP contribution is 2.24. The van der Waals surface area contributed by atoms with Gasteiger partial charge in [0.15, 0.2) is 0 Å². The van der Waals surface area contributed by atoms with Crippen LogP contribution in [0.5, 0.6) is 5.88 Å². The van der Waals surface area contributed by atoms with Crippen LogP contribution in [-0.2, 0) is 6.42 Å². The fourth-order valence-electron chi connectivity index (χ4n) is 1.61. The van der Waals surface area contributed by atoms with Gasteiger partial charge in [-0.05, 0) is 25.2 Å². The summed E-state index contributed by atoms with van der Waals surface area (Å²) in [7, 11) is 0. The van der Waals surface area contributed by atoms with Gasteiger partial charge < -0.3 is 10.1 Å². The Kier molecular flexibility index (Phi) is 5.38. The highest BCUT2D eigenvalue weighted by atomic mass is 16.5. The zero-order valence-electron chi connectivity index (χ0n) is 12.2. The molecule has 0 aliphatic heterocycles. The molecule has 0 aliphatic rings. The second kappa shape index (κ2) is 6.57. The molecule has 0 saturated heterocycles. The molecule has 4 heteroatoms. The van der Waals surface area contributed by atoms with E-state index in [1.165, 1.54) is 0 Å². The second-order valence-corrected chi connectivity index (χ2v) is 5.55. The molecule has 1 aromatic rings. The highest BCUT2D eigenvalue weighted by molar-refractivity contribution is 5.48. The Morgan fingerprint density at radius 2 is 1.94 bits per heavy atom. The Labute approximate surface area is 110 Å². The van der Waals surface area contributed by atoms with Gasteiger partial charge >= 0.3 is 0 Å². The van der Waals surface area contributed by atoms with Gasteiger partial charge in [-0.25, -0.2) is 9.97 Å². The van der Waals surface area contributed by atoms with E-state index in [-0.39, 0.29) is 5.41 Å². The van der Waals surface area contributed by atoms with Crippen LogP contribution in [0.3, 0.4) is 0 Å². The molecule has 0 spiro atoms. The van der Waals surface area contributed by atoms with Crippen LogP contribution in [0, 0.1) is 5.41 Å². The van der Waals surface area contributed by atoms with Crippen LogP contribution in [0.25, 0.3) is 0 Å². The first-order valence-electron chi connectivity index (χ1n) is 6.68. The van der Waals surface area contributed by atoms with Crippen LogP contribution in [0.15, 0.2) is 6.33 Å². The standard InChI is InChI=1S/C14H25N3O/c1-6-11-12(15-7-2)16-10-17-13(11)18-9-8-14(3,4)5/h10H,6-9H2,1-5H3,(H,15,16,17). The van der Waals surface area contributed by atoms with E-state index >= 15 is 0 Å².